The molecule has 2 unspecified atom stereocenters. The van der Waals surface area contributed by atoms with Crippen LogP contribution in [0.2, 0.25) is 0 Å². The quantitative estimate of drug-likeness (QED) is 0.886. The van der Waals surface area contributed by atoms with E-state index in [0.717, 1.165) is 31.6 Å². The second kappa shape index (κ2) is 6.92. The van der Waals surface area contributed by atoms with Crippen molar-refractivity contribution in [2.24, 2.45) is 0 Å². The zero-order valence-electron chi connectivity index (χ0n) is 12.0. The largest absolute Gasteiger partial charge is 0.494 e. The van der Waals surface area contributed by atoms with Crippen molar-refractivity contribution in [1.82, 2.24) is 4.90 Å². The van der Waals surface area contributed by atoms with Crippen molar-refractivity contribution >= 4 is 0 Å². The van der Waals surface area contributed by atoms with Gasteiger partial charge >= 0.3 is 0 Å². The third-order valence-electron chi connectivity index (χ3n) is 3.93. The molecule has 1 aliphatic carbocycles. The number of aliphatic hydroxyl groups excluding tert-OH is 1. The standard InChI is InChI=1S/C16H25NO2/c1-3-19-14-10-8-13(9-11-14)12-17(2)15-6-4-5-7-16(15)18/h8-11,15-16,18H,3-7,12H2,1-2H3. The average molecular weight is 263 g/mol. The van der Waals surface area contributed by atoms with Gasteiger partial charge in [-0.3, -0.25) is 4.90 Å². The maximum Gasteiger partial charge on any atom is 0.119 e. The molecule has 19 heavy (non-hydrogen) atoms. The van der Waals surface area contributed by atoms with Crippen molar-refractivity contribution in [3.63, 3.8) is 0 Å². The molecule has 0 amide bonds. The van der Waals surface area contributed by atoms with E-state index in [-0.39, 0.29) is 6.10 Å². The van der Waals surface area contributed by atoms with Crippen LogP contribution in [0.25, 0.3) is 0 Å². The molecule has 0 radical (unpaired) electrons. The Labute approximate surface area is 116 Å². The molecule has 0 aliphatic heterocycles. The van der Waals surface area contributed by atoms with Gasteiger partial charge in [0, 0.05) is 12.6 Å². The first-order valence-electron chi connectivity index (χ1n) is 7.30. The first kappa shape index (κ1) is 14.4. The van der Waals surface area contributed by atoms with Crippen LogP contribution in [0.3, 0.4) is 0 Å². The number of benzene rings is 1. The highest BCUT2D eigenvalue weighted by Crippen LogP contribution is 2.24. The third-order valence-corrected chi connectivity index (χ3v) is 3.93. The van der Waals surface area contributed by atoms with Crippen molar-refractivity contribution in [2.45, 2.75) is 51.3 Å². The van der Waals surface area contributed by atoms with Crippen LogP contribution in [0.15, 0.2) is 24.3 Å². The lowest BCUT2D eigenvalue weighted by Crippen LogP contribution is -2.42. The summed E-state index contributed by atoms with van der Waals surface area (Å²) < 4.78 is 5.45. The minimum absolute atomic E-state index is 0.165. The molecule has 2 atom stereocenters. The molecule has 0 saturated heterocycles. The number of rotatable bonds is 5. The first-order chi connectivity index (χ1) is 9.20. The molecule has 1 aliphatic rings. The number of ether oxygens (including phenoxy) is 1. The molecule has 0 spiro atoms. The molecule has 3 heteroatoms. The SMILES string of the molecule is CCOc1ccc(CN(C)C2CCCCC2O)cc1. The Bertz CT molecular complexity index is 377. The normalized spacial score (nSPS) is 23.6. The maximum absolute atomic E-state index is 10.1. The average Bonchev–Trinajstić information content (AvgIpc) is 2.42. The predicted molar refractivity (Wildman–Crippen MR) is 77.3 cm³/mol. The van der Waals surface area contributed by atoms with Crippen molar-refractivity contribution in [1.29, 1.82) is 0 Å². The molecule has 0 heterocycles. The summed E-state index contributed by atoms with van der Waals surface area (Å²) in [5.74, 6) is 0.923. The lowest BCUT2D eigenvalue weighted by atomic mass is 9.91. The van der Waals surface area contributed by atoms with Crippen molar-refractivity contribution in [3.05, 3.63) is 29.8 Å². The van der Waals surface area contributed by atoms with E-state index < -0.39 is 0 Å². The van der Waals surface area contributed by atoms with Gasteiger partial charge in [-0.15, -0.1) is 0 Å². The van der Waals surface area contributed by atoms with E-state index in [9.17, 15) is 5.11 Å². The fourth-order valence-corrected chi connectivity index (χ4v) is 2.87. The second-order valence-corrected chi connectivity index (χ2v) is 5.41. The van der Waals surface area contributed by atoms with E-state index in [1.54, 1.807) is 0 Å². The first-order valence-corrected chi connectivity index (χ1v) is 7.30. The molecule has 1 fully saturated rings. The van der Waals surface area contributed by atoms with Crippen LogP contribution in [0, 0.1) is 0 Å². The Morgan fingerprint density at radius 3 is 2.53 bits per heavy atom. The van der Waals surface area contributed by atoms with Gasteiger partial charge in [-0.05, 0) is 44.5 Å². The molecule has 2 rings (SSSR count). The highest BCUT2D eigenvalue weighted by atomic mass is 16.5. The number of hydrogen-bond acceptors (Lipinski definition) is 3. The van der Waals surface area contributed by atoms with E-state index in [2.05, 4.69) is 24.1 Å². The molecule has 1 aromatic rings. The number of aliphatic hydroxyl groups is 1. The Hall–Kier alpha value is -1.06. The number of hydrogen-bond donors (Lipinski definition) is 1. The Morgan fingerprint density at radius 1 is 1.21 bits per heavy atom. The molecular formula is C16H25NO2. The summed E-state index contributed by atoms with van der Waals surface area (Å²) in [6.07, 6.45) is 4.28. The molecule has 106 valence electrons. The Balaban J connectivity index is 1.92. The lowest BCUT2D eigenvalue weighted by Gasteiger charge is -2.35. The van der Waals surface area contributed by atoms with Crippen LogP contribution >= 0.6 is 0 Å². The monoisotopic (exact) mass is 263 g/mol. The predicted octanol–water partition coefficient (Wildman–Crippen LogP) is 2.82. The van der Waals surface area contributed by atoms with Crippen LogP contribution < -0.4 is 4.74 Å². The van der Waals surface area contributed by atoms with Crippen molar-refractivity contribution in [3.8, 4) is 5.75 Å². The zero-order chi connectivity index (χ0) is 13.7. The molecule has 1 aromatic carbocycles. The number of nitrogens with zero attached hydrogens (tertiary/aromatic N) is 1. The molecule has 1 N–H and O–H groups in total. The van der Waals surface area contributed by atoms with Crippen LogP contribution in [0.1, 0.15) is 38.2 Å². The van der Waals surface area contributed by atoms with Crippen LogP contribution in [-0.2, 0) is 6.54 Å². The summed E-state index contributed by atoms with van der Waals surface area (Å²) in [5.41, 5.74) is 1.27. The van der Waals surface area contributed by atoms with Crippen molar-refractivity contribution in [2.75, 3.05) is 13.7 Å². The molecule has 3 nitrogen and oxygen atoms in total. The summed E-state index contributed by atoms with van der Waals surface area (Å²) in [7, 11) is 2.11. The van der Waals surface area contributed by atoms with E-state index in [1.165, 1.54) is 12.0 Å². The minimum Gasteiger partial charge on any atom is -0.494 e. The van der Waals surface area contributed by atoms with Gasteiger partial charge in [0.25, 0.3) is 0 Å². The maximum atomic E-state index is 10.1. The molecule has 0 bridgehead atoms. The van der Waals surface area contributed by atoms with Crippen molar-refractivity contribution < 1.29 is 9.84 Å². The number of likely N-dealkylation sites (N-methyl/N-ethyl adjacent to an activating group) is 1. The molecular weight excluding hydrogens is 238 g/mol. The van der Waals surface area contributed by atoms with Gasteiger partial charge in [-0.2, -0.15) is 0 Å². The highest BCUT2D eigenvalue weighted by molar-refractivity contribution is 5.27. The van der Waals surface area contributed by atoms with E-state index in [4.69, 9.17) is 4.74 Å². The van der Waals surface area contributed by atoms with E-state index in [1.807, 2.05) is 19.1 Å². The van der Waals surface area contributed by atoms with E-state index in [0.29, 0.717) is 12.6 Å². The highest BCUT2D eigenvalue weighted by Gasteiger charge is 2.26. The van der Waals surface area contributed by atoms with Gasteiger partial charge in [0.05, 0.1) is 12.7 Å². The molecule has 1 saturated carbocycles. The topological polar surface area (TPSA) is 32.7 Å². The fourth-order valence-electron chi connectivity index (χ4n) is 2.87. The summed E-state index contributed by atoms with van der Waals surface area (Å²) in [5, 5.41) is 10.1. The smallest absolute Gasteiger partial charge is 0.119 e. The van der Waals surface area contributed by atoms with Gasteiger partial charge in [0.15, 0.2) is 0 Å². The van der Waals surface area contributed by atoms with Gasteiger partial charge in [0.2, 0.25) is 0 Å². The fraction of sp³-hybridized carbons (Fsp3) is 0.625. The van der Waals surface area contributed by atoms with Gasteiger partial charge in [0.1, 0.15) is 5.75 Å². The van der Waals surface area contributed by atoms with E-state index >= 15 is 0 Å². The molecule has 0 aromatic heterocycles. The third kappa shape index (κ3) is 3.95. The lowest BCUT2D eigenvalue weighted by molar-refractivity contribution is 0.0288. The summed E-state index contributed by atoms with van der Waals surface area (Å²) >= 11 is 0. The van der Waals surface area contributed by atoms with Gasteiger partial charge in [-0.1, -0.05) is 25.0 Å². The summed E-state index contributed by atoms with van der Waals surface area (Å²) in [4.78, 5) is 2.28. The van der Waals surface area contributed by atoms with Gasteiger partial charge in [-0.25, -0.2) is 0 Å². The van der Waals surface area contributed by atoms with Crippen LogP contribution in [0.5, 0.6) is 5.75 Å². The Kier molecular flexibility index (Phi) is 5.23. The summed E-state index contributed by atoms with van der Waals surface area (Å²) in [6.45, 7) is 3.58. The summed E-state index contributed by atoms with van der Waals surface area (Å²) in [6, 6.07) is 8.56. The minimum atomic E-state index is -0.165. The van der Waals surface area contributed by atoms with Gasteiger partial charge < -0.3 is 9.84 Å². The Morgan fingerprint density at radius 2 is 1.89 bits per heavy atom. The van der Waals surface area contributed by atoms with Crippen LogP contribution in [0.4, 0.5) is 0 Å². The van der Waals surface area contributed by atoms with Crippen LogP contribution in [-0.4, -0.2) is 35.8 Å². The second-order valence-electron chi connectivity index (χ2n) is 5.41. The zero-order valence-corrected chi connectivity index (χ0v) is 12.0.